The van der Waals surface area contributed by atoms with Gasteiger partial charge in [0.25, 0.3) is 0 Å². The topological polar surface area (TPSA) is 46.5 Å². The number of benzene rings is 1. The van der Waals surface area contributed by atoms with Gasteiger partial charge in [0, 0.05) is 5.92 Å². The van der Waals surface area contributed by atoms with Crippen molar-refractivity contribution in [1.29, 1.82) is 0 Å². The van der Waals surface area contributed by atoms with E-state index in [0.29, 0.717) is 12.2 Å². The molecule has 1 aliphatic carbocycles. The maximum Gasteiger partial charge on any atom is 0.347 e. The van der Waals surface area contributed by atoms with Gasteiger partial charge < -0.3 is 9.84 Å². The molecule has 1 fully saturated rings. The fourth-order valence-corrected chi connectivity index (χ4v) is 2.84. The third-order valence-corrected chi connectivity index (χ3v) is 4.47. The minimum Gasteiger partial charge on any atom is -0.478 e. The Morgan fingerprint density at radius 2 is 2.00 bits per heavy atom. The molecule has 2 rings (SSSR count). The molecular formula is C15H18Cl2O3. The third-order valence-electron chi connectivity index (χ3n) is 3.63. The van der Waals surface area contributed by atoms with Gasteiger partial charge in [-0.25, -0.2) is 4.79 Å². The summed E-state index contributed by atoms with van der Waals surface area (Å²) in [4.78, 5) is 11.3. The highest BCUT2D eigenvalue weighted by Crippen LogP contribution is 2.59. The molecule has 3 nitrogen and oxygen atoms in total. The lowest BCUT2D eigenvalue weighted by Gasteiger charge is -2.26. The van der Waals surface area contributed by atoms with Crippen molar-refractivity contribution in [3.05, 3.63) is 29.8 Å². The number of hydrogen-bond acceptors (Lipinski definition) is 2. The first-order valence-electron chi connectivity index (χ1n) is 6.69. The van der Waals surface area contributed by atoms with Crippen LogP contribution in [0.3, 0.4) is 0 Å². The molecule has 0 radical (unpaired) electrons. The van der Waals surface area contributed by atoms with E-state index in [1.807, 2.05) is 19.1 Å². The quantitative estimate of drug-likeness (QED) is 0.793. The number of carboxylic acid groups (broad SMARTS) is 1. The van der Waals surface area contributed by atoms with Crippen LogP contribution in [-0.2, 0) is 4.79 Å². The van der Waals surface area contributed by atoms with Crippen molar-refractivity contribution in [3.8, 4) is 5.75 Å². The first-order chi connectivity index (χ1) is 9.28. The van der Waals surface area contributed by atoms with Crippen LogP contribution in [-0.4, -0.2) is 21.0 Å². The van der Waals surface area contributed by atoms with E-state index < -0.39 is 15.9 Å². The number of ether oxygens (including phenoxy) is 1. The number of halogens is 2. The minimum absolute atomic E-state index is 0.154. The van der Waals surface area contributed by atoms with E-state index in [1.54, 1.807) is 19.1 Å². The zero-order valence-electron chi connectivity index (χ0n) is 11.5. The summed E-state index contributed by atoms with van der Waals surface area (Å²) in [6, 6.07) is 7.32. The average Bonchev–Trinajstić information content (AvgIpc) is 2.99. The van der Waals surface area contributed by atoms with Crippen molar-refractivity contribution in [2.24, 2.45) is 0 Å². The Bertz CT molecular complexity index is 498. The Balaban J connectivity index is 2.08. The highest BCUT2D eigenvalue weighted by atomic mass is 35.5. The maximum atomic E-state index is 11.3. The number of aliphatic carboxylic acids is 1. The Morgan fingerprint density at radius 1 is 1.45 bits per heavy atom. The summed E-state index contributed by atoms with van der Waals surface area (Å²) in [6.45, 7) is 3.53. The van der Waals surface area contributed by atoms with E-state index in [9.17, 15) is 9.90 Å². The standard InChI is InChI=1S/C15H18Cl2O3/c1-3-8-14(2,13(18)19)20-11-6-4-10(5-7-11)12-9-15(12,16)17/h4-7,12H,3,8-9H2,1-2H3,(H,18,19). The maximum absolute atomic E-state index is 11.3. The molecule has 0 heterocycles. The molecule has 0 amide bonds. The van der Waals surface area contributed by atoms with Gasteiger partial charge in [-0.05, 0) is 37.5 Å². The fourth-order valence-electron chi connectivity index (χ4n) is 2.28. The van der Waals surface area contributed by atoms with Gasteiger partial charge in [-0.1, -0.05) is 25.5 Å². The predicted molar refractivity (Wildman–Crippen MR) is 79.8 cm³/mol. The highest BCUT2D eigenvalue weighted by Gasteiger charge is 2.52. The van der Waals surface area contributed by atoms with Crippen LogP contribution >= 0.6 is 23.2 Å². The number of hydrogen-bond donors (Lipinski definition) is 1. The normalized spacial score (nSPS) is 22.9. The molecule has 1 N–H and O–H groups in total. The molecule has 0 saturated heterocycles. The molecule has 5 heteroatoms. The summed E-state index contributed by atoms with van der Waals surface area (Å²) in [5.74, 6) is -0.255. The second-order valence-corrected chi connectivity index (χ2v) is 7.02. The lowest BCUT2D eigenvalue weighted by molar-refractivity contribution is -0.154. The van der Waals surface area contributed by atoms with Crippen LogP contribution in [0.1, 0.15) is 44.6 Å². The van der Waals surface area contributed by atoms with Gasteiger partial charge in [-0.2, -0.15) is 0 Å². The molecule has 1 saturated carbocycles. The van der Waals surface area contributed by atoms with Crippen molar-refractivity contribution >= 4 is 29.2 Å². The molecule has 0 aromatic heterocycles. The van der Waals surface area contributed by atoms with Crippen molar-refractivity contribution < 1.29 is 14.6 Å². The van der Waals surface area contributed by atoms with Crippen LogP contribution in [0.4, 0.5) is 0 Å². The van der Waals surface area contributed by atoms with E-state index in [0.717, 1.165) is 18.4 Å². The van der Waals surface area contributed by atoms with Gasteiger partial charge in [0.05, 0.1) is 0 Å². The summed E-state index contributed by atoms with van der Waals surface area (Å²) in [7, 11) is 0. The SMILES string of the molecule is CCCC(C)(Oc1ccc(C2CC2(Cl)Cl)cc1)C(=O)O. The van der Waals surface area contributed by atoms with Crippen molar-refractivity contribution in [3.63, 3.8) is 0 Å². The van der Waals surface area contributed by atoms with E-state index in [4.69, 9.17) is 27.9 Å². The van der Waals surface area contributed by atoms with E-state index in [1.165, 1.54) is 0 Å². The van der Waals surface area contributed by atoms with Crippen LogP contribution in [0.25, 0.3) is 0 Å². The van der Waals surface area contributed by atoms with Crippen LogP contribution in [0.2, 0.25) is 0 Å². The zero-order chi connectivity index (χ0) is 15.0. The number of carboxylic acids is 1. The molecular weight excluding hydrogens is 299 g/mol. The summed E-state index contributed by atoms with van der Waals surface area (Å²) >= 11 is 12.1. The monoisotopic (exact) mass is 316 g/mol. The fraction of sp³-hybridized carbons (Fsp3) is 0.533. The van der Waals surface area contributed by atoms with Gasteiger partial charge in [0.2, 0.25) is 5.60 Å². The Labute approximate surface area is 128 Å². The molecule has 20 heavy (non-hydrogen) atoms. The zero-order valence-corrected chi connectivity index (χ0v) is 13.0. The summed E-state index contributed by atoms with van der Waals surface area (Å²) in [5.41, 5.74) is -0.145. The van der Waals surface area contributed by atoms with E-state index in [-0.39, 0.29) is 5.92 Å². The number of rotatable bonds is 6. The van der Waals surface area contributed by atoms with Crippen molar-refractivity contribution in [1.82, 2.24) is 0 Å². The van der Waals surface area contributed by atoms with E-state index >= 15 is 0 Å². The Hall–Kier alpha value is -0.930. The molecule has 1 aliphatic rings. The average molecular weight is 317 g/mol. The lowest BCUT2D eigenvalue weighted by atomic mass is 10.0. The highest BCUT2D eigenvalue weighted by molar-refractivity contribution is 6.51. The smallest absolute Gasteiger partial charge is 0.347 e. The molecule has 2 unspecified atom stereocenters. The molecule has 0 bridgehead atoms. The van der Waals surface area contributed by atoms with Crippen LogP contribution in [0.15, 0.2) is 24.3 Å². The molecule has 0 spiro atoms. The minimum atomic E-state index is -1.20. The summed E-state index contributed by atoms with van der Waals surface area (Å²) in [6.07, 6.45) is 1.95. The molecule has 1 aromatic carbocycles. The lowest BCUT2D eigenvalue weighted by Crippen LogP contribution is -2.41. The van der Waals surface area contributed by atoms with Gasteiger partial charge in [0.15, 0.2) is 0 Å². The van der Waals surface area contributed by atoms with Gasteiger partial charge in [-0.15, -0.1) is 23.2 Å². The Kier molecular flexibility index (Phi) is 4.22. The summed E-state index contributed by atoms with van der Waals surface area (Å²) in [5, 5.41) is 9.29. The number of alkyl halides is 2. The van der Waals surface area contributed by atoms with Crippen molar-refractivity contribution in [2.45, 2.75) is 49.0 Å². The van der Waals surface area contributed by atoms with Crippen LogP contribution < -0.4 is 4.74 Å². The summed E-state index contributed by atoms with van der Waals surface area (Å²) < 4.78 is 4.99. The molecule has 2 atom stereocenters. The Morgan fingerprint density at radius 3 is 2.40 bits per heavy atom. The second kappa shape index (κ2) is 5.45. The first kappa shape index (κ1) is 15.5. The van der Waals surface area contributed by atoms with Crippen LogP contribution in [0, 0.1) is 0 Å². The van der Waals surface area contributed by atoms with Gasteiger partial charge in [-0.3, -0.25) is 0 Å². The van der Waals surface area contributed by atoms with Gasteiger partial charge >= 0.3 is 5.97 Å². The second-order valence-electron chi connectivity index (χ2n) is 5.47. The first-order valence-corrected chi connectivity index (χ1v) is 7.44. The largest absolute Gasteiger partial charge is 0.478 e. The predicted octanol–water partition coefficient (Wildman–Crippen LogP) is 4.37. The molecule has 1 aromatic rings. The third kappa shape index (κ3) is 3.21. The van der Waals surface area contributed by atoms with Crippen LogP contribution in [0.5, 0.6) is 5.75 Å². The van der Waals surface area contributed by atoms with Crippen molar-refractivity contribution in [2.75, 3.05) is 0 Å². The number of carbonyl (C=O) groups is 1. The molecule has 110 valence electrons. The van der Waals surface area contributed by atoms with Gasteiger partial charge in [0.1, 0.15) is 10.1 Å². The molecule has 0 aliphatic heterocycles. The van der Waals surface area contributed by atoms with E-state index in [2.05, 4.69) is 0 Å².